The second kappa shape index (κ2) is 3.13. The first-order valence-corrected chi connectivity index (χ1v) is 3.44. The highest BCUT2D eigenvalue weighted by Crippen LogP contribution is 2.21. The molecule has 0 N–H and O–H groups in total. The maximum absolute atomic E-state index is 12.7. The Morgan fingerprint density at radius 2 is 1.83 bits per heavy atom. The number of rotatable bonds is 1. The van der Waals surface area contributed by atoms with Crippen LogP contribution in [-0.2, 0) is 0 Å². The largest absolute Gasteiger partial charge is 0.280 e. The van der Waals surface area contributed by atoms with E-state index in [0.29, 0.717) is 5.56 Å². The first-order valence-electron chi connectivity index (χ1n) is 3.44. The SMILES string of the molecule is Cc1cc(C)c(C(F)F)nc1F. The number of alkyl halides is 2. The maximum atomic E-state index is 12.7. The Balaban J connectivity index is 3.23. The molecule has 0 amide bonds. The molecule has 0 spiro atoms. The van der Waals surface area contributed by atoms with Gasteiger partial charge in [-0.2, -0.15) is 4.39 Å². The zero-order valence-electron chi connectivity index (χ0n) is 6.74. The highest BCUT2D eigenvalue weighted by molar-refractivity contribution is 5.24. The van der Waals surface area contributed by atoms with Gasteiger partial charge in [0.05, 0.1) is 0 Å². The third-order valence-corrected chi connectivity index (χ3v) is 1.59. The summed E-state index contributed by atoms with van der Waals surface area (Å²) in [7, 11) is 0. The lowest BCUT2D eigenvalue weighted by molar-refractivity contribution is 0.144. The number of pyridine rings is 1. The van der Waals surface area contributed by atoms with Crippen molar-refractivity contribution in [1.82, 2.24) is 4.98 Å². The summed E-state index contributed by atoms with van der Waals surface area (Å²) in [4.78, 5) is 3.16. The lowest BCUT2D eigenvalue weighted by atomic mass is 10.1. The van der Waals surface area contributed by atoms with Crippen LogP contribution >= 0.6 is 0 Å². The molecule has 0 atom stereocenters. The van der Waals surface area contributed by atoms with Gasteiger partial charge in [-0.1, -0.05) is 0 Å². The molecule has 0 aliphatic carbocycles. The molecule has 12 heavy (non-hydrogen) atoms. The highest BCUT2D eigenvalue weighted by atomic mass is 19.3. The first-order chi connectivity index (χ1) is 5.52. The predicted octanol–water partition coefficient (Wildman–Crippen LogP) is 2.78. The molecule has 1 nitrogen and oxygen atoms in total. The molecule has 1 heterocycles. The number of hydrogen-bond acceptors (Lipinski definition) is 1. The molecule has 0 aromatic carbocycles. The van der Waals surface area contributed by atoms with Crippen LogP contribution in [0.2, 0.25) is 0 Å². The fraction of sp³-hybridized carbons (Fsp3) is 0.375. The van der Waals surface area contributed by atoms with Crippen molar-refractivity contribution in [3.8, 4) is 0 Å². The summed E-state index contributed by atoms with van der Waals surface area (Å²) >= 11 is 0. The standard InChI is InChI=1S/C8H8F3N/c1-4-3-5(2)8(11)12-6(4)7(9)10/h3,7H,1-2H3. The smallest absolute Gasteiger partial charge is 0.218 e. The van der Waals surface area contributed by atoms with Crippen LogP contribution in [0.25, 0.3) is 0 Å². The van der Waals surface area contributed by atoms with Crippen LogP contribution in [0.3, 0.4) is 0 Å². The van der Waals surface area contributed by atoms with Crippen LogP contribution in [-0.4, -0.2) is 4.98 Å². The molecule has 0 unspecified atom stereocenters. The Bertz CT molecular complexity index is 297. The molecular weight excluding hydrogens is 167 g/mol. The second-order valence-electron chi connectivity index (χ2n) is 2.60. The van der Waals surface area contributed by atoms with E-state index in [1.165, 1.54) is 19.9 Å². The van der Waals surface area contributed by atoms with E-state index < -0.39 is 18.1 Å². The van der Waals surface area contributed by atoms with Crippen molar-refractivity contribution in [1.29, 1.82) is 0 Å². The van der Waals surface area contributed by atoms with Gasteiger partial charge in [0.25, 0.3) is 6.43 Å². The van der Waals surface area contributed by atoms with Gasteiger partial charge in [-0.25, -0.2) is 13.8 Å². The molecule has 66 valence electrons. The molecule has 0 saturated carbocycles. The van der Waals surface area contributed by atoms with Crippen LogP contribution in [0.15, 0.2) is 6.07 Å². The summed E-state index contributed by atoms with van der Waals surface area (Å²) in [6.07, 6.45) is -2.71. The van der Waals surface area contributed by atoms with Gasteiger partial charge < -0.3 is 0 Å². The summed E-state index contributed by atoms with van der Waals surface area (Å²) in [5.41, 5.74) is 0.138. The van der Waals surface area contributed by atoms with Crippen molar-refractivity contribution in [3.05, 3.63) is 28.8 Å². The average molecular weight is 175 g/mol. The third-order valence-electron chi connectivity index (χ3n) is 1.59. The van der Waals surface area contributed by atoms with E-state index in [9.17, 15) is 13.2 Å². The van der Waals surface area contributed by atoms with E-state index in [4.69, 9.17) is 0 Å². The van der Waals surface area contributed by atoms with Gasteiger partial charge in [0.1, 0.15) is 5.69 Å². The molecule has 0 radical (unpaired) electrons. The number of aryl methyl sites for hydroxylation is 2. The first kappa shape index (κ1) is 9.03. The molecule has 0 aliphatic rings. The molecule has 1 aromatic heterocycles. The van der Waals surface area contributed by atoms with Gasteiger partial charge in [0.15, 0.2) is 0 Å². The molecule has 0 aliphatic heterocycles. The lowest BCUT2D eigenvalue weighted by Gasteiger charge is -2.04. The average Bonchev–Trinajstić information content (AvgIpc) is 1.96. The maximum Gasteiger partial charge on any atom is 0.280 e. The minimum absolute atomic E-state index is 0.289. The fourth-order valence-electron chi connectivity index (χ4n) is 0.961. The van der Waals surface area contributed by atoms with E-state index in [1.54, 1.807) is 0 Å². The normalized spacial score (nSPS) is 10.8. The zero-order chi connectivity index (χ0) is 9.30. The quantitative estimate of drug-likeness (QED) is 0.598. The van der Waals surface area contributed by atoms with Crippen LogP contribution in [0.4, 0.5) is 13.2 Å². The molecule has 1 aromatic rings. The minimum atomic E-state index is -2.71. The van der Waals surface area contributed by atoms with Gasteiger partial charge in [0, 0.05) is 5.56 Å². The predicted molar refractivity (Wildman–Crippen MR) is 38.6 cm³/mol. The molecule has 0 fully saturated rings. The number of halogens is 3. The topological polar surface area (TPSA) is 12.9 Å². The molecule has 0 saturated heterocycles. The molecular formula is C8H8F3N. The molecule has 4 heteroatoms. The highest BCUT2D eigenvalue weighted by Gasteiger charge is 2.14. The summed E-state index contributed by atoms with van der Waals surface area (Å²) < 4.78 is 36.9. The van der Waals surface area contributed by atoms with Crippen LogP contribution < -0.4 is 0 Å². The lowest BCUT2D eigenvalue weighted by Crippen LogP contribution is -1.99. The minimum Gasteiger partial charge on any atom is -0.218 e. The Morgan fingerprint density at radius 3 is 2.33 bits per heavy atom. The van der Waals surface area contributed by atoms with Crippen molar-refractivity contribution < 1.29 is 13.2 Å². The molecule has 0 bridgehead atoms. The van der Waals surface area contributed by atoms with E-state index in [2.05, 4.69) is 4.98 Å². The van der Waals surface area contributed by atoms with Crippen molar-refractivity contribution in [3.63, 3.8) is 0 Å². The van der Waals surface area contributed by atoms with Crippen LogP contribution in [0, 0.1) is 19.8 Å². The summed E-state index contributed by atoms with van der Waals surface area (Å²) in [5, 5.41) is 0. The van der Waals surface area contributed by atoms with Gasteiger partial charge in [0.2, 0.25) is 5.95 Å². The van der Waals surface area contributed by atoms with Crippen molar-refractivity contribution in [2.75, 3.05) is 0 Å². The van der Waals surface area contributed by atoms with E-state index in [-0.39, 0.29) is 5.56 Å². The fourth-order valence-corrected chi connectivity index (χ4v) is 0.961. The van der Waals surface area contributed by atoms with Crippen LogP contribution in [0.5, 0.6) is 0 Å². The Morgan fingerprint density at radius 1 is 1.25 bits per heavy atom. The van der Waals surface area contributed by atoms with Gasteiger partial charge in [-0.05, 0) is 25.5 Å². The third kappa shape index (κ3) is 1.57. The summed E-state index contributed by atoms with van der Waals surface area (Å²) in [5.74, 6) is -0.823. The summed E-state index contributed by atoms with van der Waals surface area (Å²) in [6, 6.07) is 1.36. The second-order valence-corrected chi connectivity index (χ2v) is 2.60. The van der Waals surface area contributed by atoms with Crippen LogP contribution in [0.1, 0.15) is 23.2 Å². The van der Waals surface area contributed by atoms with Crippen molar-refractivity contribution in [2.24, 2.45) is 0 Å². The van der Waals surface area contributed by atoms with Gasteiger partial charge in [-0.3, -0.25) is 0 Å². The monoisotopic (exact) mass is 175 g/mol. The summed E-state index contributed by atoms with van der Waals surface area (Å²) in [6.45, 7) is 2.98. The molecule has 1 rings (SSSR count). The number of hydrogen-bond donors (Lipinski definition) is 0. The Labute approximate surface area is 68.2 Å². The van der Waals surface area contributed by atoms with E-state index in [0.717, 1.165) is 0 Å². The number of nitrogens with zero attached hydrogens (tertiary/aromatic N) is 1. The number of aromatic nitrogens is 1. The van der Waals surface area contributed by atoms with E-state index in [1.807, 2.05) is 0 Å². The Hall–Kier alpha value is -1.06. The van der Waals surface area contributed by atoms with Crippen molar-refractivity contribution in [2.45, 2.75) is 20.3 Å². The van der Waals surface area contributed by atoms with Gasteiger partial charge in [-0.15, -0.1) is 0 Å². The Kier molecular flexibility index (Phi) is 2.35. The van der Waals surface area contributed by atoms with Gasteiger partial charge >= 0.3 is 0 Å². The van der Waals surface area contributed by atoms with E-state index >= 15 is 0 Å². The zero-order valence-corrected chi connectivity index (χ0v) is 6.74. The van der Waals surface area contributed by atoms with Crippen molar-refractivity contribution >= 4 is 0 Å².